The third-order valence-electron chi connectivity index (χ3n) is 5.97. The van der Waals surface area contributed by atoms with Crippen molar-refractivity contribution >= 4 is 51.7 Å². The lowest BCUT2D eigenvalue weighted by Gasteiger charge is -2.38. The molecule has 172 valence electrons. The number of hydrogen-bond acceptors (Lipinski definition) is 4. The van der Waals surface area contributed by atoms with E-state index >= 15 is 0 Å². The first-order valence-electron chi connectivity index (χ1n) is 10.6. The highest BCUT2D eigenvalue weighted by molar-refractivity contribution is 14.1. The third-order valence-corrected chi connectivity index (χ3v) is 7.01. The van der Waals surface area contributed by atoms with Gasteiger partial charge in [-0.2, -0.15) is 0 Å². The zero-order valence-electron chi connectivity index (χ0n) is 18.7. The zero-order chi connectivity index (χ0) is 23.3. The van der Waals surface area contributed by atoms with E-state index in [1.54, 1.807) is 19.2 Å². The SMILES string of the molecule is COc1cc(N(C)C(C)=O)c(Cl)cc1C(=O)N(CI)C1CCN(Cc2ccccc2)CC1. The summed E-state index contributed by atoms with van der Waals surface area (Å²) < 4.78 is 6.08. The van der Waals surface area contributed by atoms with Crippen molar-refractivity contribution in [1.82, 2.24) is 9.80 Å². The Morgan fingerprint density at radius 3 is 2.41 bits per heavy atom. The van der Waals surface area contributed by atoms with E-state index < -0.39 is 0 Å². The Bertz CT molecular complexity index is 949. The van der Waals surface area contributed by atoms with Gasteiger partial charge < -0.3 is 14.5 Å². The minimum absolute atomic E-state index is 0.100. The average Bonchev–Trinajstić information content (AvgIpc) is 2.80. The minimum Gasteiger partial charge on any atom is -0.496 e. The monoisotopic (exact) mass is 569 g/mol. The second-order valence-corrected chi connectivity index (χ2v) is 9.06. The van der Waals surface area contributed by atoms with E-state index in [0.29, 0.717) is 26.6 Å². The normalized spacial score (nSPS) is 14.8. The van der Waals surface area contributed by atoms with Crippen molar-refractivity contribution in [1.29, 1.82) is 0 Å². The van der Waals surface area contributed by atoms with Crippen molar-refractivity contribution in [3.05, 3.63) is 58.6 Å². The standard InChI is InChI=1S/C24H29ClIN3O3/c1-17(30)27(2)22-14-23(32-3)20(13-21(22)25)24(31)29(16-26)19-9-11-28(12-10-19)15-18-7-5-4-6-8-18/h4-8,13-14,19H,9-12,15-16H2,1-3H3. The molecule has 1 heterocycles. The number of hydrogen-bond donors (Lipinski definition) is 0. The number of benzene rings is 2. The minimum atomic E-state index is -0.149. The van der Waals surface area contributed by atoms with Crippen molar-refractivity contribution in [3.63, 3.8) is 0 Å². The van der Waals surface area contributed by atoms with Gasteiger partial charge in [0.25, 0.3) is 5.91 Å². The molecule has 32 heavy (non-hydrogen) atoms. The van der Waals surface area contributed by atoms with Gasteiger partial charge in [-0.3, -0.25) is 14.5 Å². The number of carbonyl (C=O) groups excluding carboxylic acids is 2. The highest BCUT2D eigenvalue weighted by Crippen LogP contribution is 2.34. The number of alkyl halides is 1. The maximum absolute atomic E-state index is 13.5. The molecule has 0 radical (unpaired) electrons. The van der Waals surface area contributed by atoms with Crippen LogP contribution in [0.3, 0.4) is 0 Å². The van der Waals surface area contributed by atoms with Gasteiger partial charge in [-0.1, -0.05) is 64.5 Å². The van der Waals surface area contributed by atoms with Crippen LogP contribution < -0.4 is 9.64 Å². The van der Waals surface area contributed by atoms with Crippen LogP contribution in [-0.4, -0.2) is 59.5 Å². The van der Waals surface area contributed by atoms with E-state index in [0.717, 1.165) is 32.5 Å². The van der Waals surface area contributed by atoms with Crippen LogP contribution in [0.25, 0.3) is 0 Å². The topological polar surface area (TPSA) is 53.1 Å². The molecule has 2 amide bonds. The molecule has 8 heteroatoms. The highest BCUT2D eigenvalue weighted by Gasteiger charge is 2.30. The smallest absolute Gasteiger partial charge is 0.258 e. The Morgan fingerprint density at radius 1 is 1.19 bits per heavy atom. The number of anilines is 1. The van der Waals surface area contributed by atoms with Gasteiger partial charge in [0.2, 0.25) is 5.91 Å². The maximum Gasteiger partial charge on any atom is 0.258 e. The van der Waals surface area contributed by atoms with E-state index in [1.165, 1.54) is 24.5 Å². The van der Waals surface area contributed by atoms with Gasteiger partial charge in [0.05, 0.1) is 27.9 Å². The Hall–Kier alpha value is -1.84. The first-order chi connectivity index (χ1) is 15.3. The van der Waals surface area contributed by atoms with Crippen LogP contribution in [0.2, 0.25) is 5.02 Å². The molecule has 1 saturated heterocycles. The van der Waals surface area contributed by atoms with Crippen LogP contribution in [0, 0.1) is 0 Å². The number of piperidine rings is 1. The van der Waals surface area contributed by atoms with Gasteiger partial charge in [0.15, 0.2) is 0 Å². The quantitative estimate of drug-likeness (QED) is 0.272. The second kappa shape index (κ2) is 11.3. The van der Waals surface area contributed by atoms with Crippen LogP contribution in [0.1, 0.15) is 35.7 Å². The van der Waals surface area contributed by atoms with E-state index in [9.17, 15) is 9.59 Å². The van der Waals surface area contributed by atoms with Crippen LogP contribution in [0.15, 0.2) is 42.5 Å². The number of nitrogens with zero attached hydrogens (tertiary/aromatic N) is 3. The van der Waals surface area contributed by atoms with Gasteiger partial charge in [-0.15, -0.1) is 0 Å². The predicted octanol–water partition coefficient (Wildman–Crippen LogP) is 4.83. The van der Waals surface area contributed by atoms with E-state index in [-0.39, 0.29) is 17.9 Å². The molecule has 0 aromatic heterocycles. The molecule has 2 aromatic rings. The van der Waals surface area contributed by atoms with Gasteiger partial charge in [-0.25, -0.2) is 0 Å². The molecule has 0 atom stereocenters. The van der Waals surface area contributed by atoms with Gasteiger partial charge >= 0.3 is 0 Å². The molecule has 3 rings (SSSR count). The Balaban J connectivity index is 1.73. The second-order valence-electron chi connectivity index (χ2n) is 7.97. The Morgan fingerprint density at radius 2 is 1.84 bits per heavy atom. The third kappa shape index (κ3) is 5.74. The molecule has 0 bridgehead atoms. The summed E-state index contributed by atoms with van der Waals surface area (Å²) in [6.45, 7) is 4.28. The van der Waals surface area contributed by atoms with Crippen LogP contribution in [-0.2, 0) is 11.3 Å². The summed E-state index contributed by atoms with van der Waals surface area (Å²) in [6.07, 6.45) is 1.84. The van der Waals surface area contributed by atoms with E-state index in [4.69, 9.17) is 16.3 Å². The fraction of sp³-hybridized carbons (Fsp3) is 0.417. The summed E-state index contributed by atoms with van der Waals surface area (Å²) in [5.41, 5.74) is 2.24. The fourth-order valence-electron chi connectivity index (χ4n) is 4.01. The summed E-state index contributed by atoms with van der Waals surface area (Å²) in [5, 5.41) is 0.345. The summed E-state index contributed by atoms with van der Waals surface area (Å²) in [4.78, 5) is 31.0. The molecular formula is C24H29ClIN3O3. The number of ether oxygens (including phenoxy) is 1. The zero-order valence-corrected chi connectivity index (χ0v) is 21.6. The van der Waals surface area contributed by atoms with Crippen molar-refractivity contribution < 1.29 is 14.3 Å². The van der Waals surface area contributed by atoms with Crippen molar-refractivity contribution in [2.75, 3.05) is 36.7 Å². The molecule has 2 aromatic carbocycles. The van der Waals surface area contributed by atoms with Crippen LogP contribution >= 0.6 is 34.2 Å². The molecule has 0 unspecified atom stereocenters. The first kappa shape index (κ1) is 24.8. The van der Waals surface area contributed by atoms with Gasteiger partial charge in [0.1, 0.15) is 5.75 Å². The summed E-state index contributed by atoms with van der Waals surface area (Å²) in [7, 11) is 3.17. The van der Waals surface area contributed by atoms with Crippen molar-refractivity contribution in [3.8, 4) is 5.75 Å². The molecular weight excluding hydrogens is 541 g/mol. The predicted molar refractivity (Wildman–Crippen MR) is 137 cm³/mol. The largest absolute Gasteiger partial charge is 0.496 e. The molecule has 0 saturated carbocycles. The molecule has 1 aliphatic heterocycles. The maximum atomic E-state index is 13.5. The summed E-state index contributed by atoms with van der Waals surface area (Å²) in [6, 6.07) is 13.9. The molecule has 6 nitrogen and oxygen atoms in total. The number of rotatable bonds is 7. The first-order valence-corrected chi connectivity index (χ1v) is 12.5. The molecule has 0 N–H and O–H groups in total. The Labute approximate surface area is 208 Å². The highest BCUT2D eigenvalue weighted by atomic mass is 127. The molecule has 0 aliphatic carbocycles. The van der Waals surface area contributed by atoms with Gasteiger partial charge in [-0.05, 0) is 24.5 Å². The van der Waals surface area contributed by atoms with E-state index in [1.807, 2.05) is 11.0 Å². The van der Waals surface area contributed by atoms with E-state index in [2.05, 4.69) is 51.8 Å². The average molecular weight is 570 g/mol. The van der Waals surface area contributed by atoms with Crippen molar-refractivity contribution in [2.45, 2.75) is 32.4 Å². The molecule has 1 fully saturated rings. The van der Waals surface area contributed by atoms with Crippen molar-refractivity contribution in [2.24, 2.45) is 0 Å². The number of carbonyl (C=O) groups is 2. The number of methoxy groups -OCH3 is 1. The van der Waals surface area contributed by atoms with Gasteiger partial charge in [0, 0.05) is 45.7 Å². The number of amides is 2. The summed E-state index contributed by atoms with van der Waals surface area (Å²) >= 11 is 8.68. The lowest BCUT2D eigenvalue weighted by Crippen LogP contribution is -2.46. The number of halogens is 2. The molecule has 0 spiro atoms. The fourth-order valence-corrected chi connectivity index (χ4v) is 5.17. The lowest BCUT2D eigenvalue weighted by molar-refractivity contribution is -0.116. The summed E-state index contributed by atoms with van der Waals surface area (Å²) in [5.74, 6) is 0.166. The van der Waals surface area contributed by atoms with Crippen LogP contribution in [0.4, 0.5) is 5.69 Å². The van der Waals surface area contributed by atoms with Crippen LogP contribution in [0.5, 0.6) is 5.75 Å². The lowest BCUT2D eigenvalue weighted by atomic mass is 10.0. The number of likely N-dealkylation sites (tertiary alicyclic amines) is 1. The molecule has 1 aliphatic rings. The Kier molecular flexibility index (Phi) is 8.79.